The quantitative estimate of drug-likeness (QED) is 0.735. The molecule has 1 N–H and O–H groups in total. The lowest BCUT2D eigenvalue weighted by molar-refractivity contribution is -0.118. The lowest BCUT2D eigenvalue weighted by atomic mass is 9.98. The molecule has 4 nitrogen and oxygen atoms in total. The van der Waals surface area contributed by atoms with Gasteiger partial charge in [-0.3, -0.25) is 9.69 Å². The number of hydrogen-bond acceptors (Lipinski definition) is 4. The number of nitrogens with zero attached hydrogens (tertiary/aromatic N) is 1. The zero-order valence-electron chi connectivity index (χ0n) is 17.0. The van der Waals surface area contributed by atoms with Crippen LogP contribution >= 0.6 is 11.8 Å². The number of hydrogen-bond donors (Lipinski definition) is 1. The Labute approximate surface area is 172 Å². The Balaban J connectivity index is 1.57. The highest BCUT2D eigenvalue weighted by atomic mass is 32.2. The summed E-state index contributed by atoms with van der Waals surface area (Å²) >= 11 is 2.00. The zero-order chi connectivity index (χ0) is 19.9. The summed E-state index contributed by atoms with van der Waals surface area (Å²) in [6.45, 7) is 9.51. The van der Waals surface area contributed by atoms with Gasteiger partial charge >= 0.3 is 0 Å². The van der Waals surface area contributed by atoms with Crippen molar-refractivity contribution in [2.45, 2.75) is 33.2 Å². The molecule has 0 bridgehead atoms. The van der Waals surface area contributed by atoms with Gasteiger partial charge in [-0.25, -0.2) is 0 Å². The molecule has 5 heteroatoms. The van der Waals surface area contributed by atoms with Gasteiger partial charge in [0.1, 0.15) is 5.75 Å². The van der Waals surface area contributed by atoms with Crippen LogP contribution in [0, 0.1) is 6.92 Å². The molecule has 150 valence electrons. The van der Waals surface area contributed by atoms with E-state index in [1.165, 1.54) is 22.6 Å². The third-order valence-electron chi connectivity index (χ3n) is 5.02. The van der Waals surface area contributed by atoms with Crippen LogP contribution in [-0.4, -0.2) is 42.0 Å². The van der Waals surface area contributed by atoms with Crippen molar-refractivity contribution in [3.8, 4) is 5.75 Å². The topological polar surface area (TPSA) is 41.6 Å². The van der Waals surface area contributed by atoms with Crippen molar-refractivity contribution in [1.82, 2.24) is 4.90 Å². The molecular formula is C23H30N2O2S. The summed E-state index contributed by atoms with van der Waals surface area (Å²) < 4.78 is 5.72. The maximum absolute atomic E-state index is 12.4. The summed E-state index contributed by atoms with van der Waals surface area (Å²) in [7, 11) is 0. The Morgan fingerprint density at radius 2 is 1.93 bits per heavy atom. The van der Waals surface area contributed by atoms with Crippen LogP contribution in [0.4, 0.5) is 5.69 Å². The van der Waals surface area contributed by atoms with Crippen molar-refractivity contribution in [3.05, 3.63) is 59.2 Å². The molecular weight excluding hydrogens is 368 g/mol. The summed E-state index contributed by atoms with van der Waals surface area (Å²) in [6.07, 6.45) is 0. The Morgan fingerprint density at radius 3 is 2.64 bits per heavy atom. The van der Waals surface area contributed by atoms with Crippen LogP contribution in [0.25, 0.3) is 0 Å². The third-order valence-corrected chi connectivity index (χ3v) is 5.96. The highest BCUT2D eigenvalue weighted by Crippen LogP contribution is 2.24. The van der Waals surface area contributed by atoms with Crippen LogP contribution < -0.4 is 10.1 Å². The van der Waals surface area contributed by atoms with Gasteiger partial charge in [-0.2, -0.15) is 11.8 Å². The number of rotatable bonds is 7. The molecule has 28 heavy (non-hydrogen) atoms. The first-order valence-electron chi connectivity index (χ1n) is 9.94. The molecule has 1 heterocycles. The summed E-state index contributed by atoms with van der Waals surface area (Å²) in [5.41, 5.74) is 4.53. The number of carbonyl (C=O) groups excluding carboxylic acids is 1. The molecule has 2 aromatic carbocycles. The highest BCUT2D eigenvalue weighted by molar-refractivity contribution is 7.99. The molecule has 0 aliphatic carbocycles. The fourth-order valence-corrected chi connectivity index (χ4v) is 4.48. The predicted octanol–water partition coefficient (Wildman–Crippen LogP) is 4.68. The van der Waals surface area contributed by atoms with Crippen LogP contribution in [0.2, 0.25) is 0 Å². The third kappa shape index (κ3) is 5.76. The minimum Gasteiger partial charge on any atom is -0.484 e. The molecule has 3 rings (SSSR count). The molecule has 0 spiro atoms. The largest absolute Gasteiger partial charge is 0.484 e. The number of para-hydroxylation sites is 1. The Kier molecular flexibility index (Phi) is 7.40. The second-order valence-corrected chi connectivity index (χ2v) is 8.78. The molecule has 0 aromatic heterocycles. The molecule has 1 aliphatic rings. The lowest BCUT2D eigenvalue weighted by Gasteiger charge is -2.27. The van der Waals surface area contributed by atoms with Gasteiger partial charge in [-0.1, -0.05) is 38.1 Å². The van der Waals surface area contributed by atoms with Crippen molar-refractivity contribution >= 4 is 23.4 Å². The van der Waals surface area contributed by atoms with E-state index in [2.05, 4.69) is 43.1 Å². The number of aryl methyl sites for hydroxylation is 1. The van der Waals surface area contributed by atoms with Crippen LogP contribution in [0.5, 0.6) is 5.75 Å². The number of benzene rings is 2. The number of amides is 1. The SMILES string of the molecule is Cc1cc(OCC(=O)Nc2ccccc2CN2CCSCC2)ccc1C(C)C. The molecule has 1 amide bonds. The second-order valence-electron chi connectivity index (χ2n) is 7.56. The van der Waals surface area contributed by atoms with Gasteiger partial charge < -0.3 is 10.1 Å². The lowest BCUT2D eigenvalue weighted by Crippen LogP contribution is -2.32. The molecule has 2 aromatic rings. The average molecular weight is 399 g/mol. The van der Waals surface area contributed by atoms with E-state index in [4.69, 9.17) is 4.74 Å². The van der Waals surface area contributed by atoms with Gasteiger partial charge in [0.05, 0.1) is 0 Å². The molecule has 1 aliphatic heterocycles. The first-order valence-corrected chi connectivity index (χ1v) is 11.1. The van der Waals surface area contributed by atoms with Crippen LogP contribution in [0.15, 0.2) is 42.5 Å². The van der Waals surface area contributed by atoms with E-state index >= 15 is 0 Å². The van der Waals surface area contributed by atoms with Gasteiger partial charge in [0.15, 0.2) is 6.61 Å². The van der Waals surface area contributed by atoms with Crippen molar-refractivity contribution in [3.63, 3.8) is 0 Å². The van der Waals surface area contributed by atoms with Gasteiger partial charge in [0, 0.05) is 36.8 Å². The van der Waals surface area contributed by atoms with Crippen molar-refractivity contribution in [2.75, 3.05) is 36.5 Å². The Morgan fingerprint density at radius 1 is 1.18 bits per heavy atom. The first kappa shape index (κ1) is 20.7. The minimum absolute atomic E-state index is 0.00908. The summed E-state index contributed by atoms with van der Waals surface area (Å²) in [6, 6.07) is 14.1. The van der Waals surface area contributed by atoms with E-state index in [1.54, 1.807) is 0 Å². The maximum atomic E-state index is 12.4. The van der Waals surface area contributed by atoms with E-state index in [0.29, 0.717) is 5.92 Å². The van der Waals surface area contributed by atoms with Crippen LogP contribution in [0.1, 0.15) is 36.5 Å². The van der Waals surface area contributed by atoms with Crippen molar-refractivity contribution < 1.29 is 9.53 Å². The maximum Gasteiger partial charge on any atom is 0.262 e. The number of nitrogens with one attached hydrogen (secondary N) is 1. The van der Waals surface area contributed by atoms with E-state index in [0.717, 1.165) is 36.6 Å². The highest BCUT2D eigenvalue weighted by Gasteiger charge is 2.14. The van der Waals surface area contributed by atoms with E-state index in [9.17, 15) is 4.79 Å². The molecule has 0 radical (unpaired) electrons. The fraction of sp³-hybridized carbons (Fsp3) is 0.435. The van der Waals surface area contributed by atoms with Gasteiger partial charge in [0.25, 0.3) is 5.91 Å². The summed E-state index contributed by atoms with van der Waals surface area (Å²) in [4.78, 5) is 14.9. The Bertz CT molecular complexity index is 801. The van der Waals surface area contributed by atoms with Gasteiger partial charge in [0.2, 0.25) is 0 Å². The summed E-state index contributed by atoms with van der Waals surface area (Å²) in [5.74, 6) is 3.44. The van der Waals surface area contributed by atoms with E-state index in [-0.39, 0.29) is 12.5 Å². The average Bonchev–Trinajstić information content (AvgIpc) is 2.68. The summed E-state index contributed by atoms with van der Waals surface area (Å²) in [5, 5.41) is 3.02. The molecule has 0 saturated carbocycles. The zero-order valence-corrected chi connectivity index (χ0v) is 17.8. The number of anilines is 1. The predicted molar refractivity (Wildman–Crippen MR) is 118 cm³/mol. The molecule has 1 fully saturated rings. The van der Waals surface area contributed by atoms with E-state index in [1.807, 2.05) is 42.1 Å². The number of thioether (sulfide) groups is 1. The number of carbonyl (C=O) groups is 1. The van der Waals surface area contributed by atoms with Crippen LogP contribution in [0.3, 0.4) is 0 Å². The van der Waals surface area contributed by atoms with Crippen LogP contribution in [-0.2, 0) is 11.3 Å². The molecule has 1 saturated heterocycles. The first-order chi connectivity index (χ1) is 13.5. The van der Waals surface area contributed by atoms with Gasteiger partial charge in [-0.05, 0) is 47.7 Å². The molecule has 0 unspecified atom stereocenters. The monoisotopic (exact) mass is 398 g/mol. The Hall–Kier alpha value is -1.98. The van der Waals surface area contributed by atoms with Crippen molar-refractivity contribution in [2.24, 2.45) is 0 Å². The fourth-order valence-electron chi connectivity index (χ4n) is 3.50. The number of ether oxygens (including phenoxy) is 1. The smallest absolute Gasteiger partial charge is 0.262 e. The molecule has 0 atom stereocenters. The second kappa shape index (κ2) is 9.99. The minimum atomic E-state index is -0.132. The van der Waals surface area contributed by atoms with Crippen molar-refractivity contribution in [1.29, 1.82) is 0 Å². The standard InChI is InChI=1S/C23H30N2O2S/c1-17(2)21-9-8-20(14-18(21)3)27-16-23(26)24-22-7-5-4-6-19(22)15-25-10-12-28-13-11-25/h4-9,14,17H,10-13,15-16H2,1-3H3,(H,24,26). The van der Waals surface area contributed by atoms with E-state index < -0.39 is 0 Å². The van der Waals surface area contributed by atoms with Gasteiger partial charge in [-0.15, -0.1) is 0 Å². The normalized spacial score (nSPS) is 14.9.